The second kappa shape index (κ2) is 5.42. The Morgan fingerprint density at radius 2 is 2.19 bits per heavy atom. The predicted molar refractivity (Wildman–Crippen MR) is 83.5 cm³/mol. The molecule has 0 atom stereocenters. The summed E-state index contributed by atoms with van der Waals surface area (Å²) in [4.78, 5) is 27.2. The van der Waals surface area contributed by atoms with Crippen molar-refractivity contribution in [3.8, 4) is 0 Å². The monoisotopic (exact) mass is 365 g/mol. The zero-order valence-corrected chi connectivity index (χ0v) is 13.2. The summed E-state index contributed by atoms with van der Waals surface area (Å²) >= 11 is 9.36. The van der Waals surface area contributed by atoms with E-state index in [1.807, 2.05) is 13.0 Å². The molecule has 3 rings (SSSR count). The fourth-order valence-corrected chi connectivity index (χ4v) is 2.60. The van der Waals surface area contributed by atoms with Crippen molar-refractivity contribution in [2.75, 3.05) is 5.32 Å². The van der Waals surface area contributed by atoms with Crippen molar-refractivity contribution in [3.63, 3.8) is 0 Å². The molecule has 0 spiro atoms. The maximum Gasteiger partial charge on any atom is 0.258 e. The highest BCUT2D eigenvalue weighted by Gasteiger charge is 2.13. The van der Waals surface area contributed by atoms with Crippen LogP contribution in [0.4, 0.5) is 5.95 Å². The van der Waals surface area contributed by atoms with Crippen LogP contribution in [0.25, 0.3) is 11.2 Å². The maximum atomic E-state index is 12.3. The third-order valence-corrected chi connectivity index (χ3v) is 3.67. The molecule has 2 aromatic heterocycles. The van der Waals surface area contributed by atoms with Crippen LogP contribution in [0.3, 0.4) is 0 Å². The number of hydrogen-bond donors (Lipinski definition) is 2. The molecular weight excluding hydrogens is 358 g/mol. The van der Waals surface area contributed by atoms with Crippen LogP contribution in [-0.4, -0.2) is 25.8 Å². The number of aromatic amines is 1. The number of benzene rings is 1. The molecule has 0 unspecified atom stereocenters. The Hall–Kier alpha value is -1.99. The Bertz CT molecular complexity index is 848. The van der Waals surface area contributed by atoms with Crippen molar-refractivity contribution in [2.24, 2.45) is 0 Å². The summed E-state index contributed by atoms with van der Waals surface area (Å²) in [5, 5.41) is 2.84. The molecule has 0 saturated carbocycles. The molecule has 106 valence electrons. The van der Waals surface area contributed by atoms with E-state index in [1.165, 1.54) is 6.33 Å². The highest BCUT2D eigenvalue weighted by molar-refractivity contribution is 9.10. The number of imidazole rings is 1. The first kappa shape index (κ1) is 14.0. The molecule has 2 heterocycles. The molecular formula is C13H9BrClN5O. The first-order valence-electron chi connectivity index (χ1n) is 5.99. The summed E-state index contributed by atoms with van der Waals surface area (Å²) in [6.45, 7) is 1.85. The Balaban J connectivity index is 1.92. The lowest BCUT2D eigenvalue weighted by molar-refractivity contribution is 0.102. The smallest absolute Gasteiger partial charge is 0.258 e. The zero-order chi connectivity index (χ0) is 15.0. The number of aryl methyl sites for hydroxylation is 1. The Morgan fingerprint density at radius 3 is 2.95 bits per heavy atom. The molecule has 0 radical (unpaired) electrons. The standard InChI is InChI=1S/C13H9BrClN5O/c1-6-4-7(14)2-3-8(6)12(21)20-13-18-10(15)9-11(19-13)17-5-16-9/h2-5H,1H3,(H2,16,17,18,19,20,21). The SMILES string of the molecule is Cc1cc(Br)ccc1C(=O)Nc1nc(Cl)c2[nH]cnc2n1. The van der Waals surface area contributed by atoms with Gasteiger partial charge in [-0.3, -0.25) is 10.1 Å². The Labute approximate surface area is 133 Å². The van der Waals surface area contributed by atoms with E-state index in [-0.39, 0.29) is 17.0 Å². The third kappa shape index (κ3) is 2.74. The van der Waals surface area contributed by atoms with Crippen molar-refractivity contribution in [2.45, 2.75) is 6.92 Å². The van der Waals surface area contributed by atoms with Crippen LogP contribution in [0.15, 0.2) is 29.0 Å². The average molecular weight is 367 g/mol. The van der Waals surface area contributed by atoms with Crippen LogP contribution < -0.4 is 5.32 Å². The lowest BCUT2D eigenvalue weighted by Crippen LogP contribution is -2.15. The van der Waals surface area contributed by atoms with Gasteiger partial charge in [-0.05, 0) is 30.7 Å². The molecule has 1 aromatic carbocycles. The van der Waals surface area contributed by atoms with E-state index in [1.54, 1.807) is 12.1 Å². The van der Waals surface area contributed by atoms with Crippen LogP contribution in [0, 0.1) is 6.92 Å². The van der Waals surface area contributed by atoms with Gasteiger partial charge < -0.3 is 4.98 Å². The number of amides is 1. The first-order valence-corrected chi connectivity index (χ1v) is 7.16. The van der Waals surface area contributed by atoms with E-state index < -0.39 is 0 Å². The quantitative estimate of drug-likeness (QED) is 0.681. The number of carbonyl (C=O) groups excluding carboxylic acids is 1. The molecule has 0 fully saturated rings. The van der Waals surface area contributed by atoms with Gasteiger partial charge in [-0.2, -0.15) is 9.97 Å². The molecule has 0 aliphatic carbocycles. The molecule has 8 heteroatoms. The zero-order valence-electron chi connectivity index (χ0n) is 10.8. The summed E-state index contributed by atoms with van der Waals surface area (Å²) in [6.07, 6.45) is 1.47. The number of H-pyrrole nitrogens is 1. The van der Waals surface area contributed by atoms with Gasteiger partial charge in [0.05, 0.1) is 6.33 Å². The summed E-state index contributed by atoms with van der Waals surface area (Å²) < 4.78 is 0.911. The lowest BCUT2D eigenvalue weighted by atomic mass is 10.1. The van der Waals surface area contributed by atoms with Crippen LogP contribution in [0.2, 0.25) is 5.15 Å². The average Bonchev–Trinajstić information content (AvgIpc) is 2.87. The van der Waals surface area contributed by atoms with E-state index >= 15 is 0 Å². The summed E-state index contributed by atoms with van der Waals surface area (Å²) in [6, 6.07) is 5.38. The second-order valence-electron chi connectivity index (χ2n) is 4.35. The molecule has 2 N–H and O–H groups in total. The van der Waals surface area contributed by atoms with Gasteiger partial charge >= 0.3 is 0 Å². The van der Waals surface area contributed by atoms with Crippen molar-refractivity contribution in [1.29, 1.82) is 0 Å². The molecule has 0 aliphatic rings. The molecule has 1 amide bonds. The number of halogens is 2. The number of carbonyl (C=O) groups is 1. The highest BCUT2D eigenvalue weighted by Crippen LogP contribution is 2.20. The molecule has 0 saturated heterocycles. The number of aromatic nitrogens is 4. The number of nitrogens with zero attached hydrogens (tertiary/aromatic N) is 3. The van der Waals surface area contributed by atoms with Gasteiger partial charge in [-0.25, -0.2) is 4.98 Å². The summed E-state index contributed by atoms with van der Waals surface area (Å²) in [5.74, 6) is -0.183. The number of anilines is 1. The van der Waals surface area contributed by atoms with Gasteiger partial charge in [-0.1, -0.05) is 27.5 Å². The van der Waals surface area contributed by atoms with E-state index in [2.05, 4.69) is 41.2 Å². The minimum Gasteiger partial charge on any atom is -0.341 e. The van der Waals surface area contributed by atoms with Crippen LogP contribution >= 0.6 is 27.5 Å². The van der Waals surface area contributed by atoms with Gasteiger partial charge in [-0.15, -0.1) is 0 Å². The number of rotatable bonds is 2. The van der Waals surface area contributed by atoms with Crippen LogP contribution in [-0.2, 0) is 0 Å². The van der Waals surface area contributed by atoms with Crippen LogP contribution in [0.5, 0.6) is 0 Å². The highest BCUT2D eigenvalue weighted by atomic mass is 79.9. The molecule has 0 bridgehead atoms. The normalized spacial score (nSPS) is 10.8. The second-order valence-corrected chi connectivity index (χ2v) is 5.63. The maximum absolute atomic E-state index is 12.3. The fraction of sp³-hybridized carbons (Fsp3) is 0.0769. The van der Waals surface area contributed by atoms with Gasteiger partial charge in [0.15, 0.2) is 10.8 Å². The van der Waals surface area contributed by atoms with Gasteiger partial charge in [0.1, 0.15) is 5.52 Å². The number of fused-ring (bicyclic) bond motifs is 1. The van der Waals surface area contributed by atoms with E-state index in [0.717, 1.165) is 10.0 Å². The minimum atomic E-state index is -0.300. The fourth-order valence-electron chi connectivity index (χ4n) is 1.90. The van der Waals surface area contributed by atoms with Crippen LogP contribution in [0.1, 0.15) is 15.9 Å². The minimum absolute atomic E-state index is 0.118. The van der Waals surface area contributed by atoms with Crippen molar-refractivity contribution in [3.05, 3.63) is 45.3 Å². The van der Waals surface area contributed by atoms with E-state index in [9.17, 15) is 4.79 Å². The number of hydrogen-bond acceptors (Lipinski definition) is 4. The largest absolute Gasteiger partial charge is 0.341 e. The molecule has 21 heavy (non-hydrogen) atoms. The van der Waals surface area contributed by atoms with Gasteiger partial charge in [0, 0.05) is 10.0 Å². The van der Waals surface area contributed by atoms with Crippen molar-refractivity contribution >= 4 is 50.6 Å². The first-order chi connectivity index (χ1) is 10.0. The van der Waals surface area contributed by atoms with E-state index in [4.69, 9.17) is 11.6 Å². The predicted octanol–water partition coefficient (Wildman–Crippen LogP) is 3.33. The third-order valence-electron chi connectivity index (χ3n) is 2.90. The van der Waals surface area contributed by atoms with Crippen molar-refractivity contribution in [1.82, 2.24) is 19.9 Å². The Morgan fingerprint density at radius 1 is 1.38 bits per heavy atom. The topological polar surface area (TPSA) is 83.6 Å². The van der Waals surface area contributed by atoms with E-state index in [0.29, 0.717) is 16.7 Å². The lowest BCUT2D eigenvalue weighted by Gasteiger charge is -2.07. The summed E-state index contributed by atoms with van der Waals surface area (Å²) in [7, 11) is 0. The Kier molecular flexibility index (Phi) is 3.60. The molecule has 3 aromatic rings. The van der Waals surface area contributed by atoms with Gasteiger partial charge in [0.25, 0.3) is 5.91 Å². The number of nitrogens with one attached hydrogen (secondary N) is 2. The molecule has 6 nitrogen and oxygen atoms in total. The van der Waals surface area contributed by atoms with Crippen molar-refractivity contribution < 1.29 is 4.79 Å². The summed E-state index contributed by atoms with van der Waals surface area (Å²) in [5.41, 5.74) is 2.32. The van der Waals surface area contributed by atoms with Gasteiger partial charge in [0.2, 0.25) is 5.95 Å². The molecule has 0 aliphatic heterocycles.